The van der Waals surface area contributed by atoms with E-state index >= 15 is 0 Å². The van der Waals surface area contributed by atoms with Crippen molar-refractivity contribution in [2.75, 3.05) is 6.54 Å². The molecule has 0 saturated carbocycles. The SMILES string of the molecule is N#Cc1ccccc1COC(=O)CCCN1C(=O)c2ccccc2C1=O. The molecule has 6 nitrogen and oxygen atoms in total. The second-order valence-electron chi connectivity index (χ2n) is 5.84. The molecule has 2 aromatic carbocycles. The fourth-order valence-corrected chi connectivity index (χ4v) is 2.81. The number of carbonyl (C=O) groups is 3. The normalized spacial score (nSPS) is 12.7. The Kier molecular flexibility index (Phi) is 5.09. The average Bonchev–Trinajstić information content (AvgIpc) is 2.91. The van der Waals surface area contributed by atoms with Crippen LogP contribution in [0.5, 0.6) is 0 Å². The van der Waals surface area contributed by atoms with E-state index in [-0.39, 0.29) is 31.4 Å². The lowest BCUT2D eigenvalue weighted by Crippen LogP contribution is -2.31. The van der Waals surface area contributed by atoms with Crippen LogP contribution < -0.4 is 0 Å². The lowest BCUT2D eigenvalue weighted by Gasteiger charge is -2.13. The fourth-order valence-electron chi connectivity index (χ4n) is 2.81. The first kappa shape index (κ1) is 17.4. The van der Waals surface area contributed by atoms with E-state index in [0.29, 0.717) is 28.7 Å². The third-order valence-electron chi connectivity index (χ3n) is 4.17. The molecule has 0 aliphatic carbocycles. The highest BCUT2D eigenvalue weighted by molar-refractivity contribution is 6.21. The summed E-state index contributed by atoms with van der Waals surface area (Å²) in [6.07, 6.45) is 0.409. The van der Waals surface area contributed by atoms with Crippen molar-refractivity contribution < 1.29 is 19.1 Å². The minimum absolute atomic E-state index is 0.0234. The third kappa shape index (κ3) is 3.47. The van der Waals surface area contributed by atoms with E-state index in [1.165, 1.54) is 0 Å². The van der Waals surface area contributed by atoms with Gasteiger partial charge in [0.1, 0.15) is 6.61 Å². The zero-order valence-corrected chi connectivity index (χ0v) is 14.0. The molecular weight excluding hydrogens is 332 g/mol. The molecule has 0 saturated heterocycles. The van der Waals surface area contributed by atoms with E-state index in [0.717, 1.165) is 4.90 Å². The Hall–Kier alpha value is -3.46. The molecule has 0 N–H and O–H groups in total. The van der Waals surface area contributed by atoms with Crippen molar-refractivity contribution in [3.63, 3.8) is 0 Å². The first-order valence-corrected chi connectivity index (χ1v) is 8.20. The summed E-state index contributed by atoms with van der Waals surface area (Å²) >= 11 is 0. The smallest absolute Gasteiger partial charge is 0.306 e. The second kappa shape index (κ2) is 7.62. The van der Waals surface area contributed by atoms with Gasteiger partial charge in [0.2, 0.25) is 0 Å². The first-order chi connectivity index (χ1) is 12.6. The summed E-state index contributed by atoms with van der Waals surface area (Å²) in [5.74, 6) is -1.10. The van der Waals surface area contributed by atoms with Gasteiger partial charge in [0.15, 0.2) is 0 Å². The molecule has 0 bridgehead atoms. The van der Waals surface area contributed by atoms with Gasteiger partial charge in [0.05, 0.1) is 22.8 Å². The number of hydrogen-bond donors (Lipinski definition) is 0. The van der Waals surface area contributed by atoms with Crippen LogP contribution in [-0.2, 0) is 16.1 Å². The maximum absolute atomic E-state index is 12.2. The summed E-state index contributed by atoms with van der Waals surface area (Å²) in [7, 11) is 0. The van der Waals surface area contributed by atoms with E-state index in [2.05, 4.69) is 0 Å². The Balaban J connectivity index is 1.48. The number of nitrogens with zero attached hydrogens (tertiary/aromatic N) is 2. The van der Waals surface area contributed by atoms with Crippen LogP contribution >= 0.6 is 0 Å². The van der Waals surface area contributed by atoms with Crippen molar-refractivity contribution >= 4 is 17.8 Å². The van der Waals surface area contributed by atoms with Gasteiger partial charge in [-0.25, -0.2) is 0 Å². The average molecular weight is 348 g/mol. The molecule has 130 valence electrons. The Bertz CT molecular complexity index is 879. The van der Waals surface area contributed by atoms with E-state index in [1.807, 2.05) is 6.07 Å². The molecule has 0 radical (unpaired) electrons. The predicted octanol–water partition coefficient (Wildman–Crippen LogP) is 2.68. The molecule has 0 fully saturated rings. The maximum Gasteiger partial charge on any atom is 0.306 e. The molecule has 0 unspecified atom stereocenters. The molecule has 1 aliphatic heterocycles. The Morgan fingerprint density at radius 3 is 2.27 bits per heavy atom. The van der Waals surface area contributed by atoms with Gasteiger partial charge < -0.3 is 4.74 Å². The molecule has 3 rings (SSSR count). The number of benzene rings is 2. The number of carbonyl (C=O) groups excluding carboxylic acids is 3. The zero-order valence-electron chi connectivity index (χ0n) is 14.0. The van der Waals surface area contributed by atoms with Crippen LogP contribution in [0.4, 0.5) is 0 Å². The highest BCUT2D eigenvalue weighted by Gasteiger charge is 2.34. The molecule has 0 atom stereocenters. The standard InChI is InChI=1S/C20H16N2O4/c21-12-14-6-1-2-7-15(14)13-26-18(23)10-5-11-22-19(24)16-8-3-4-9-17(16)20(22)25/h1-4,6-9H,5,10-11,13H2. The molecule has 1 aliphatic rings. The van der Waals surface area contributed by atoms with E-state index in [4.69, 9.17) is 10.00 Å². The van der Waals surface area contributed by atoms with Crippen molar-refractivity contribution in [3.05, 3.63) is 70.8 Å². The van der Waals surface area contributed by atoms with Gasteiger partial charge in [-0.15, -0.1) is 0 Å². The summed E-state index contributed by atoms with van der Waals surface area (Å²) in [5, 5.41) is 9.01. The monoisotopic (exact) mass is 348 g/mol. The number of ether oxygens (including phenoxy) is 1. The second-order valence-corrected chi connectivity index (χ2v) is 5.84. The predicted molar refractivity (Wildman–Crippen MR) is 92.0 cm³/mol. The number of rotatable bonds is 6. The van der Waals surface area contributed by atoms with Gasteiger partial charge in [-0.1, -0.05) is 30.3 Å². The molecule has 2 amide bonds. The summed E-state index contributed by atoms with van der Waals surface area (Å²) in [6.45, 7) is 0.186. The van der Waals surface area contributed by atoms with Gasteiger partial charge >= 0.3 is 5.97 Å². The molecule has 0 aromatic heterocycles. The highest BCUT2D eigenvalue weighted by atomic mass is 16.5. The number of fused-ring (bicyclic) bond motifs is 1. The number of imide groups is 1. The van der Waals surface area contributed by atoms with E-state index < -0.39 is 5.97 Å². The molecule has 2 aromatic rings. The van der Waals surface area contributed by atoms with Crippen molar-refractivity contribution in [2.24, 2.45) is 0 Å². The molecular formula is C20H16N2O4. The van der Waals surface area contributed by atoms with Crippen LogP contribution in [0.2, 0.25) is 0 Å². The van der Waals surface area contributed by atoms with Crippen LogP contribution in [0, 0.1) is 11.3 Å². The number of esters is 1. The molecule has 0 spiro atoms. The lowest BCUT2D eigenvalue weighted by molar-refractivity contribution is -0.145. The number of amides is 2. The number of nitriles is 1. The van der Waals surface area contributed by atoms with E-state index in [1.54, 1.807) is 48.5 Å². The van der Waals surface area contributed by atoms with Crippen molar-refractivity contribution in [3.8, 4) is 6.07 Å². The van der Waals surface area contributed by atoms with Crippen molar-refractivity contribution in [1.29, 1.82) is 5.26 Å². The minimum atomic E-state index is -0.436. The minimum Gasteiger partial charge on any atom is -0.461 e. The molecule has 6 heteroatoms. The van der Waals surface area contributed by atoms with Gasteiger partial charge in [-0.2, -0.15) is 5.26 Å². The highest BCUT2D eigenvalue weighted by Crippen LogP contribution is 2.22. The van der Waals surface area contributed by atoms with Crippen LogP contribution in [0.25, 0.3) is 0 Å². The largest absolute Gasteiger partial charge is 0.461 e. The fraction of sp³-hybridized carbons (Fsp3) is 0.200. The molecule has 26 heavy (non-hydrogen) atoms. The van der Waals surface area contributed by atoms with Crippen molar-refractivity contribution in [1.82, 2.24) is 4.90 Å². The quantitative estimate of drug-likeness (QED) is 0.592. The van der Waals surface area contributed by atoms with Crippen molar-refractivity contribution in [2.45, 2.75) is 19.4 Å². The maximum atomic E-state index is 12.2. The van der Waals surface area contributed by atoms with Crippen LogP contribution in [0.1, 0.15) is 44.7 Å². The van der Waals surface area contributed by atoms with Crippen LogP contribution in [0.15, 0.2) is 48.5 Å². The Morgan fingerprint density at radius 2 is 1.62 bits per heavy atom. The first-order valence-electron chi connectivity index (χ1n) is 8.20. The van der Waals surface area contributed by atoms with Crippen LogP contribution in [0.3, 0.4) is 0 Å². The Morgan fingerprint density at radius 1 is 1.00 bits per heavy atom. The third-order valence-corrected chi connectivity index (χ3v) is 4.17. The van der Waals surface area contributed by atoms with Gasteiger partial charge in [0.25, 0.3) is 11.8 Å². The summed E-state index contributed by atoms with van der Waals surface area (Å²) in [5.41, 5.74) is 1.90. The van der Waals surface area contributed by atoms with E-state index in [9.17, 15) is 14.4 Å². The summed E-state index contributed by atoms with van der Waals surface area (Å²) < 4.78 is 5.17. The zero-order chi connectivity index (χ0) is 18.5. The lowest BCUT2D eigenvalue weighted by atomic mass is 10.1. The number of hydrogen-bond acceptors (Lipinski definition) is 5. The van der Waals surface area contributed by atoms with Gasteiger partial charge in [-0.3, -0.25) is 19.3 Å². The topological polar surface area (TPSA) is 87.5 Å². The van der Waals surface area contributed by atoms with Gasteiger partial charge in [0, 0.05) is 18.5 Å². The molecule has 1 heterocycles. The Labute approximate surface area is 150 Å². The van der Waals surface area contributed by atoms with Gasteiger partial charge in [-0.05, 0) is 24.6 Å². The summed E-state index contributed by atoms with van der Waals surface area (Å²) in [6, 6.07) is 15.6. The van der Waals surface area contributed by atoms with Crippen LogP contribution in [-0.4, -0.2) is 29.2 Å². The summed E-state index contributed by atoms with van der Waals surface area (Å²) in [4.78, 5) is 37.5.